The van der Waals surface area contributed by atoms with E-state index in [1.807, 2.05) is 0 Å². The monoisotopic (exact) mass is 298 g/mol. The lowest BCUT2D eigenvalue weighted by Gasteiger charge is -2.20. The molecule has 0 aliphatic carbocycles. The van der Waals surface area contributed by atoms with Crippen molar-refractivity contribution in [2.75, 3.05) is 33.5 Å². The predicted octanol–water partition coefficient (Wildman–Crippen LogP) is 0.912. The highest BCUT2D eigenvalue weighted by atomic mass is 19.4. The van der Waals surface area contributed by atoms with Crippen LogP contribution >= 0.6 is 0 Å². The van der Waals surface area contributed by atoms with Gasteiger partial charge in [-0.2, -0.15) is 13.2 Å². The maximum Gasteiger partial charge on any atom is 0.411 e. The van der Waals surface area contributed by atoms with Crippen LogP contribution in [-0.4, -0.2) is 62.0 Å². The molecule has 0 bridgehead atoms. The molecule has 1 unspecified atom stereocenters. The molecule has 116 valence electrons. The average molecular weight is 298 g/mol. The molecule has 20 heavy (non-hydrogen) atoms. The van der Waals surface area contributed by atoms with Crippen molar-refractivity contribution >= 4 is 11.9 Å². The van der Waals surface area contributed by atoms with Crippen molar-refractivity contribution in [3.8, 4) is 0 Å². The Labute approximate surface area is 114 Å². The first-order valence-electron chi connectivity index (χ1n) is 5.97. The summed E-state index contributed by atoms with van der Waals surface area (Å²) in [5, 5.41) is 2.49. The lowest BCUT2D eigenvalue weighted by atomic mass is 10.0. The summed E-state index contributed by atoms with van der Waals surface area (Å²) in [5.41, 5.74) is -1.13. The summed E-state index contributed by atoms with van der Waals surface area (Å²) < 4.78 is 44.8. The fraction of sp³-hybridized carbons (Fsp3) is 0.818. The van der Waals surface area contributed by atoms with Gasteiger partial charge in [0.25, 0.3) is 5.91 Å². The summed E-state index contributed by atoms with van der Waals surface area (Å²) >= 11 is 0. The fourth-order valence-electron chi connectivity index (χ4n) is 1.85. The Kier molecular flexibility index (Phi) is 5.35. The van der Waals surface area contributed by atoms with Gasteiger partial charge in [-0.1, -0.05) is 0 Å². The van der Waals surface area contributed by atoms with E-state index in [-0.39, 0.29) is 26.2 Å². The van der Waals surface area contributed by atoms with Crippen LogP contribution in [0.4, 0.5) is 18.0 Å². The number of carbonyl (C=O) groups excluding carboxylic acids is 2. The molecule has 1 rings (SSSR count). The first-order chi connectivity index (χ1) is 9.19. The van der Waals surface area contributed by atoms with E-state index in [9.17, 15) is 22.8 Å². The van der Waals surface area contributed by atoms with E-state index >= 15 is 0 Å². The lowest BCUT2D eigenvalue weighted by molar-refractivity contribution is -0.174. The molecule has 0 spiro atoms. The highest BCUT2D eigenvalue weighted by molar-refractivity contribution is 6.06. The van der Waals surface area contributed by atoms with Crippen molar-refractivity contribution in [2.45, 2.75) is 25.1 Å². The molecule has 3 amide bonds. The van der Waals surface area contributed by atoms with Crippen LogP contribution in [0, 0.1) is 0 Å². The molecular weight excluding hydrogens is 281 g/mol. The second-order valence-corrected chi connectivity index (χ2v) is 4.67. The lowest BCUT2D eigenvalue weighted by Crippen LogP contribution is -2.48. The van der Waals surface area contributed by atoms with E-state index in [1.165, 1.54) is 14.0 Å². The molecule has 0 aromatic rings. The van der Waals surface area contributed by atoms with Crippen molar-refractivity contribution in [3.05, 3.63) is 0 Å². The molecule has 1 N–H and O–H groups in total. The molecule has 6 nitrogen and oxygen atoms in total. The zero-order chi connectivity index (χ0) is 15.4. The van der Waals surface area contributed by atoms with Gasteiger partial charge in [-0.3, -0.25) is 9.69 Å². The van der Waals surface area contributed by atoms with Crippen LogP contribution in [0.25, 0.3) is 0 Å². The van der Waals surface area contributed by atoms with Crippen LogP contribution in [0.1, 0.15) is 13.3 Å². The maximum absolute atomic E-state index is 12.0. The Morgan fingerprint density at radius 2 is 2.00 bits per heavy atom. The van der Waals surface area contributed by atoms with Gasteiger partial charge in [0.15, 0.2) is 0 Å². The van der Waals surface area contributed by atoms with Crippen LogP contribution in [0.2, 0.25) is 0 Å². The van der Waals surface area contributed by atoms with E-state index in [1.54, 1.807) is 0 Å². The second kappa shape index (κ2) is 6.40. The van der Waals surface area contributed by atoms with Gasteiger partial charge in [0.1, 0.15) is 12.1 Å². The van der Waals surface area contributed by atoms with E-state index in [0.717, 1.165) is 4.90 Å². The number of nitrogens with one attached hydrogen (secondary N) is 1. The molecule has 0 saturated carbocycles. The number of nitrogens with zero attached hydrogens (tertiary/aromatic N) is 1. The van der Waals surface area contributed by atoms with Crippen molar-refractivity contribution in [1.29, 1.82) is 0 Å². The molecule has 1 saturated heterocycles. The largest absolute Gasteiger partial charge is 0.411 e. The first-order valence-corrected chi connectivity index (χ1v) is 5.97. The van der Waals surface area contributed by atoms with Crippen LogP contribution < -0.4 is 5.32 Å². The van der Waals surface area contributed by atoms with E-state index in [0.29, 0.717) is 0 Å². The van der Waals surface area contributed by atoms with Crippen LogP contribution in [0.5, 0.6) is 0 Å². The molecule has 1 atom stereocenters. The molecule has 1 fully saturated rings. The molecular formula is C11H17F3N2O4. The Hall–Kier alpha value is -1.35. The average Bonchev–Trinajstić information content (AvgIpc) is 2.50. The Balaban J connectivity index is 2.37. The van der Waals surface area contributed by atoms with E-state index in [2.05, 4.69) is 10.1 Å². The zero-order valence-corrected chi connectivity index (χ0v) is 11.2. The van der Waals surface area contributed by atoms with Gasteiger partial charge in [-0.15, -0.1) is 0 Å². The number of amides is 3. The number of halogens is 3. The highest BCUT2D eigenvalue weighted by Crippen LogP contribution is 2.18. The van der Waals surface area contributed by atoms with Crippen LogP contribution in [0.3, 0.4) is 0 Å². The van der Waals surface area contributed by atoms with Crippen molar-refractivity contribution in [2.24, 2.45) is 0 Å². The van der Waals surface area contributed by atoms with Gasteiger partial charge in [0.05, 0.1) is 6.61 Å². The third kappa shape index (κ3) is 4.34. The number of carbonyl (C=O) groups is 2. The minimum Gasteiger partial charge on any atom is -0.382 e. The Morgan fingerprint density at radius 1 is 1.35 bits per heavy atom. The molecule has 0 aromatic carbocycles. The SMILES string of the molecule is COCC1(C)NC(=O)N(CCCOCC(F)(F)F)C1=O. The Morgan fingerprint density at radius 3 is 2.55 bits per heavy atom. The minimum absolute atomic E-state index is 0.00181. The second-order valence-electron chi connectivity index (χ2n) is 4.67. The normalized spacial score (nSPS) is 23.4. The third-order valence-corrected chi connectivity index (χ3v) is 2.71. The molecule has 0 aromatic heterocycles. The number of rotatable bonds is 7. The standard InChI is InChI=1S/C11H17F3N2O4/c1-10(6-19-2)8(17)16(9(18)15-10)4-3-5-20-7-11(12,13)14/h3-7H2,1-2H3,(H,15,18). The van der Waals surface area contributed by atoms with Crippen molar-refractivity contribution < 1.29 is 32.2 Å². The van der Waals surface area contributed by atoms with Crippen LogP contribution in [-0.2, 0) is 14.3 Å². The van der Waals surface area contributed by atoms with Crippen molar-refractivity contribution in [3.63, 3.8) is 0 Å². The van der Waals surface area contributed by atoms with Gasteiger partial charge in [0, 0.05) is 20.3 Å². The van der Waals surface area contributed by atoms with Crippen LogP contribution in [0.15, 0.2) is 0 Å². The number of imide groups is 1. The molecule has 1 heterocycles. The number of alkyl halides is 3. The molecule has 1 aliphatic rings. The number of urea groups is 1. The number of methoxy groups -OCH3 is 1. The predicted molar refractivity (Wildman–Crippen MR) is 62.0 cm³/mol. The summed E-state index contributed by atoms with van der Waals surface area (Å²) in [6.45, 7) is 0.0312. The van der Waals surface area contributed by atoms with Crippen molar-refractivity contribution in [1.82, 2.24) is 10.2 Å². The number of ether oxygens (including phenoxy) is 2. The molecule has 9 heteroatoms. The van der Waals surface area contributed by atoms with Gasteiger partial charge < -0.3 is 14.8 Å². The number of hydrogen-bond donors (Lipinski definition) is 1. The highest BCUT2D eigenvalue weighted by Gasteiger charge is 2.47. The topological polar surface area (TPSA) is 67.9 Å². The summed E-state index contributed by atoms with van der Waals surface area (Å²) in [6.07, 6.45) is -4.24. The molecule has 0 radical (unpaired) electrons. The first kappa shape index (κ1) is 16.7. The van der Waals surface area contributed by atoms with Gasteiger partial charge in [0.2, 0.25) is 0 Å². The van der Waals surface area contributed by atoms with E-state index < -0.39 is 30.3 Å². The minimum atomic E-state index is -4.38. The summed E-state index contributed by atoms with van der Waals surface area (Å²) in [6, 6.07) is -0.578. The third-order valence-electron chi connectivity index (χ3n) is 2.71. The fourth-order valence-corrected chi connectivity index (χ4v) is 1.85. The van der Waals surface area contributed by atoms with E-state index in [4.69, 9.17) is 4.74 Å². The van der Waals surface area contributed by atoms with Gasteiger partial charge in [-0.25, -0.2) is 4.79 Å². The van der Waals surface area contributed by atoms with Gasteiger partial charge >= 0.3 is 12.2 Å². The smallest absolute Gasteiger partial charge is 0.382 e. The zero-order valence-electron chi connectivity index (χ0n) is 11.2. The summed E-state index contributed by atoms with van der Waals surface area (Å²) in [5.74, 6) is -0.458. The van der Waals surface area contributed by atoms with Gasteiger partial charge in [-0.05, 0) is 13.3 Å². The number of hydrogen-bond acceptors (Lipinski definition) is 4. The quantitative estimate of drug-likeness (QED) is 0.560. The Bertz CT molecular complexity index is 375. The molecule has 1 aliphatic heterocycles. The summed E-state index contributed by atoms with van der Waals surface area (Å²) in [4.78, 5) is 24.6. The summed E-state index contributed by atoms with van der Waals surface area (Å²) in [7, 11) is 1.40. The maximum atomic E-state index is 12.0.